The van der Waals surface area contributed by atoms with Crippen molar-refractivity contribution >= 4 is 0 Å². The van der Waals surface area contributed by atoms with Gasteiger partial charge < -0.3 is 10.8 Å². The van der Waals surface area contributed by atoms with Crippen molar-refractivity contribution in [2.24, 2.45) is 5.73 Å². The minimum absolute atomic E-state index is 0.176. The fourth-order valence-electron chi connectivity index (χ4n) is 1.30. The number of nitrogens with zero attached hydrogens (tertiary/aromatic N) is 1. The molecule has 0 aliphatic heterocycles. The van der Waals surface area contributed by atoms with E-state index in [1.807, 2.05) is 25.3 Å². The fraction of sp³-hybridized carbons (Fsp3) is 0.500. The van der Waals surface area contributed by atoms with Crippen molar-refractivity contribution in [1.82, 2.24) is 4.98 Å². The lowest BCUT2D eigenvalue weighted by molar-refractivity contribution is 0.276. The van der Waals surface area contributed by atoms with Crippen LogP contribution in [-0.4, -0.2) is 23.2 Å². The zero-order valence-corrected chi connectivity index (χ0v) is 7.90. The number of hydrogen-bond donors (Lipinski definition) is 2. The van der Waals surface area contributed by atoms with Crippen LogP contribution in [-0.2, 0) is 0 Å². The third-order valence-electron chi connectivity index (χ3n) is 2.17. The molecule has 1 aromatic heterocycles. The molecule has 13 heavy (non-hydrogen) atoms. The average Bonchev–Trinajstić information content (AvgIpc) is 2.16. The van der Waals surface area contributed by atoms with E-state index in [2.05, 4.69) is 4.98 Å². The Hall–Kier alpha value is -0.930. The van der Waals surface area contributed by atoms with Gasteiger partial charge in [0, 0.05) is 18.5 Å². The predicted octanol–water partition coefficient (Wildman–Crippen LogP) is 0.815. The van der Waals surface area contributed by atoms with Gasteiger partial charge in [-0.2, -0.15) is 0 Å². The number of hydrogen-bond acceptors (Lipinski definition) is 3. The van der Waals surface area contributed by atoms with Crippen molar-refractivity contribution in [2.75, 3.05) is 13.2 Å². The molecule has 1 unspecified atom stereocenters. The van der Waals surface area contributed by atoms with Gasteiger partial charge in [-0.1, -0.05) is 6.07 Å². The molecule has 0 saturated heterocycles. The Morgan fingerprint density at radius 2 is 2.31 bits per heavy atom. The Balaban J connectivity index is 2.73. The molecule has 1 atom stereocenters. The molecule has 0 aliphatic carbocycles. The predicted molar refractivity (Wildman–Crippen MR) is 52.5 cm³/mol. The van der Waals surface area contributed by atoms with Crippen LogP contribution in [0.15, 0.2) is 18.3 Å². The first kappa shape index (κ1) is 10.2. The lowest BCUT2D eigenvalue weighted by Gasteiger charge is -2.12. The molecule has 0 fully saturated rings. The van der Waals surface area contributed by atoms with Gasteiger partial charge in [0.25, 0.3) is 0 Å². The molecule has 1 heterocycles. The Morgan fingerprint density at radius 3 is 2.77 bits per heavy atom. The number of aryl methyl sites for hydroxylation is 1. The monoisotopic (exact) mass is 180 g/mol. The molecule has 0 radical (unpaired) electrons. The quantitative estimate of drug-likeness (QED) is 0.721. The second-order valence-corrected chi connectivity index (χ2v) is 3.18. The molecule has 0 saturated carbocycles. The summed E-state index contributed by atoms with van der Waals surface area (Å²) >= 11 is 0. The summed E-state index contributed by atoms with van der Waals surface area (Å²) in [5.41, 5.74) is 7.71. The third-order valence-corrected chi connectivity index (χ3v) is 2.17. The van der Waals surface area contributed by atoms with E-state index in [1.165, 1.54) is 0 Å². The van der Waals surface area contributed by atoms with Crippen LogP contribution in [0, 0.1) is 6.92 Å². The Labute approximate surface area is 78.6 Å². The summed E-state index contributed by atoms with van der Waals surface area (Å²) in [5.74, 6) is 0.234. The highest BCUT2D eigenvalue weighted by Gasteiger charge is 2.08. The minimum Gasteiger partial charge on any atom is -0.396 e. The molecule has 1 aromatic rings. The van der Waals surface area contributed by atoms with Gasteiger partial charge in [0.2, 0.25) is 0 Å². The molecular weight excluding hydrogens is 164 g/mol. The van der Waals surface area contributed by atoms with Gasteiger partial charge in [-0.3, -0.25) is 4.98 Å². The molecule has 72 valence electrons. The van der Waals surface area contributed by atoms with E-state index in [9.17, 15) is 0 Å². The smallest absolute Gasteiger partial charge is 0.0437 e. The summed E-state index contributed by atoms with van der Waals surface area (Å²) in [7, 11) is 0. The van der Waals surface area contributed by atoms with Gasteiger partial charge in [-0.15, -0.1) is 0 Å². The van der Waals surface area contributed by atoms with Crippen LogP contribution in [0.2, 0.25) is 0 Å². The fourth-order valence-corrected chi connectivity index (χ4v) is 1.30. The van der Waals surface area contributed by atoms with Gasteiger partial charge in [0.1, 0.15) is 0 Å². The maximum atomic E-state index is 8.81. The molecule has 0 aliphatic rings. The second-order valence-electron chi connectivity index (χ2n) is 3.18. The zero-order valence-electron chi connectivity index (χ0n) is 7.90. The normalized spacial score (nSPS) is 12.8. The van der Waals surface area contributed by atoms with Crippen molar-refractivity contribution in [3.63, 3.8) is 0 Å². The van der Waals surface area contributed by atoms with Crippen molar-refractivity contribution < 1.29 is 5.11 Å². The first-order valence-electron chi connectivity index (χ1n) is 4.51. The second kappa shape index (κ2) is 4.94. The summed E-state index contributed by atoms with van der Waals surface area (Å²) in [6.45, 7) is 2.69. The van der Waals surface area contributed by atoms with E-state index >= 15 is 0 Å². The van der Waals surface area contributed by atoms with Gasteiger partial charge in [0.15, 0.2) is 0 Å². The number of nitrogens with two attached hydrogens (primary N) is 1. The van der Waals surface area contributed by atoms with Crippen LogP contribution in [0.3, 0.4) is 0 Å². The maximum Gasteiger partial charge on any atom is 0.0437 e. The number of aliphatic hydroxyl groups is 1. The van der Waals surface area contributed by atoms with Gasteiger partial charge in [0.05, 0.1) is 0 Å². The molecule has 0 spiro atoms. The molecular formula is C10H16N2O. The molecule has 0 amide bonds. The van der Waals surface area contributed by atoms with Gasteiger partial charge >= 0.3 is 0 Å². The number of aromatic nitrogens is 1. The molecule has 1 rings (SSSR count). The topological polar surface area (TPSA) is 59.1 Å². The SMILES string of the molecule is Cc1ccc(C(CN)CCO)cn1. The van der Waals surface area contributed by atoms with E-state index in [0.29, 0.717) is 13.0 Å². The van der Waals surface area contributed by atoms with Crippen LogP contribution < -0.4 is 5.73 Å². The highest BCUT2D eigenvalue weighted by molar-refractivity contribution is 5.18. The summed E-state index contributed by atoms with van der Waals surface area (Å²) in [4.78, 5) is 4.19. The lowest BCUT2D eigenvalue weighted by Crippen LogP contribution is -2.14. The molecule has 3 heteroatoms. The molecule has 0 bridgehead atoms. The Bertz CT molecular complexity index is 246. The Morgan fingerprint density at radius 1 is 1.54 bits per heavy atom. The lowest BCUT2D eigenvalue weighted by atomic mass is 9.98. The van der Waals surface area contributed by atoms with E-state index in [4.69, 9.17) is 10.8 Å². The van der Waals surface area contributed by atoms with E-state index < -0.39 is 0 Å². The van der Waals surface area contributed by atoms with Gasteiger partial charge in [-0.05, 0) is 37.4 Å². The molecule has 3 N–H and O–H groups in total. The number of rotatable bonds is 4. The zero-order chi connectivity index (χ0) is 9.68. The minimum atomic E-state index is 0.176. The van der Waals surface area contributed by atoms with Crippen molar-refractivity contribution in [2.45, 2.75) is 19.3 Å². The van der Waals surface area contributed by atoms with E-state index in [-0.39, 0.29) is 12.5 Å². The molecule has 3 nitrogen and oxygen atoms in total. The van der Waals surface area contributed by atoms with Crippen molar-refractivity contribution in [3.8, 4) is 0 Å². The van der Waals surface area contributed by atoms with E-state index in [1.54, 1.807) is 0 Å². The van der Waals surface area contributed by atoms with Crippen LogP contribution in [0.1, 0.15) is 23.6 Å². The van der Waals surface area contributed by atoms with Crippen LogP contribution >= 0.6 is 0 Å². The summed E-state index contributed by atoms with van der Waals surface area (Å²) < 4.78 is 0. The Kier molecular flexibility index (Phi) is 3.86. The maximum absolute atomic E-state index is 8.81. The third kappa shape index (κ3) is 2.79. The van der Waals surface area contributed by atoms with Crippen molar-refractivity contribution in [3.05, 3.63) is 29.6 Å². The standard InChI is InChI=1S/C10H16N2O/c1-8-2-3-10(7-12-8)9(6-11)4-5-13/h2-3,7,9,13H,4-6,11H2,1H3. The van der Waals surface area contributed by atoms with E-state index in [0.717, 1.165) is 11.3 Å². The first-order valence-corrected chi connectivity index (χ1v) is 4.51. The number of aliphatic hydroxyl groups excluding tert-OH is 1. The molecule has 0 aromatic carbocycles. The van der Waals surface area contributed by atoms with Crippen LogP contribution in [0.5, 0.6) is 0 Å². The van der Waals surface area contributed by atoms with Crippen LogP contribution in [0.4, 0.5) is 0 Å². The summed E-state index contributed by atoms with van der Waals surface area (Å²) in [6.07, 6.45) is 2.55. The first-order chi connectivity index (χ1) is 6.27. The summed E-state index contributed by atoms with van der Waals surface area (Å²) in [6, 6.07) is 3.99. The van der Waals surface area contributed by atoms with Crippen LogP contribution in [0.25, 0.3) is 0 Å². The summed E-state index contributed by atoms with van der Waals surface area (Å²) in [5, 5.41) is 8.81. The highest BCUT2D eigenvalue weighted by atomic mass is 16.3. The largest absolute Gasteiger partial charge is 0.396 e. The number of pyridine rings is 1. The highest BCUT2D eigenvalue weighted by Crippen LogP contribution is 2.16. The van der Waals surface area contributed by atoms with Gasteiger partial charge in [-0.25, -0.2) is 0 Å². The average molecular weight is 180 g/mol. The van der Waals surface area contributed by atoms with Crippen molar-refractivity contribution in [1.29, 1.82) is 0 Å².